The van der Waals surface area contributed by atoms with Crippen molar-refractivity contribution in [2.75, 3.05) is 24.5 Å². The summed E-state index contributed by atoms with van der Waals surface area (Å²) in [6, 6.07) is 12.5. The first-order valence-electron chi connectivity index (χ1n) is 8.14. The van der Waals surface area contributed by atoms with Crippen LogP contribution in [-0.2, 0) is 16.0 Å². The highest BCUT2D eigenvalue weighted by Gasteiger charge is 2.28. The number of fused-ring (bicyclic) bond motifs is 1. The van der Waals surface area contributed by atoms with E-state index in [1.807, 2.05) is 17.5 Å². The van der Waals surface area contributed by atoms with Crippen LogP contribution < -0.4 is 15.5 Å². The Morgan fingerprint density at radius 1 is 1.17 bits per heavy atom. The molecule has 1 aromatic heterocycles. The number of para-hydroxylation sites is 1. The van der Waals surface area contributed by atoms with Gasteiger partial charge < -0.3 is 15.5 Å². The highest BCUT2D eigenvalue weighted by Crippen LogP contribution is 2.36. The zero-order valence-corrected chi connectivity index (χ0v) is 14.4. The zero-order chi connectivity index (χ0) is 16.9. The average Bonchev–Trinajstić information content (AvgIpc) is 3.25. The van der Waals surface area contributed by atoms with Gasteiger partial charge in [-0.1, -0.05) is 24.3 Å². The molecular weight excluding hydrogens is 322 g/mol. The third-order valence-corrected chi connectivity index (χ3v) is 5.14. The first kappa shape index (κ1) is 16.5. The molecule has 0 saturated carbocycles. The highest BCUT2D eigenvalue weighted by molar-refractivity contribution is 7.10. The molecule has 0 aliphatic carbocycles. The second-order valence-electron chi connectivity index (χ2n) is 5.67. The maximum atomic E-state index is 11.9. The predicted molar refractivity (Wildman–Crippen MR) is 96.2 cm³/mol. The van der Waals surface area contributed by atoms with Crippen LogP contribution in [0.4, 0.5) is 5.69 Å². The average molecular weight is 343 g/mol. The molecule has 1 atom stereocenters. The highest BCUT2D eigenvalue weighted by atomic mass is 32.1. The molecule has 2 aromatic rings. The lowest BCUT2D eigenvalue weighted by molar-refractivity contribution is -0.139. The fourth-order valence-electron chi connectivity index (χ4n) is 3.04. The number of hydrogen-bond acceptors (Lipinski definition) is 4. The Bertz CT molecular complexity index is 715. The Hall–Kier alpha value is -2.34. The summed E-state index contributed by atoms with van der Waals surface area (Å²) < 4.78 is 0. The summed E-state index contributed by atoms with van der Waals surface area (Å²) in [5, 5.41) is 7.34. The van der Waals surface area contributed by atoms with Crippen molar-refractivity contribution in [2.45, 2.75) is 19.4 Å². The number of carbonyl (C=O) groups is 2. The number of rotatable bonds is 5. The zero-order valence-electron chi connectivity index (χ0n) is 13.6. The molecule has 0 saturated heterocycles. The molecule has 6 heteroatoms. The fraction of sp³-hybridized carbons (Fsp3) is 0.333. The Morgan fingerprint density at radius 3 is 2.71 bits per heavy atom. The molecule has 2 amide bonds. The Morgan fingerprint density at radius 2 is 1.96 bits per heavy atom. The maximum Gasteiger partial charge on any atom is 0.309 e. The number of nitrogens with zero attached hydrogens (tertiary/aromatic N) is 1. The van der Waals surface area contributed by atoms with E-state index >= 15 is 0 Å². The second-order valence-corrected chi connectivity index (χ2v) is 6.65. The van der Waals surface area contributed by atoms with Crippen molar-refractivity contribution in [1.29, 1.82) is 0 Å². The minimum atomic E-state index is -0.579. The lowest BCUT2D eigenvalue weighted by Gasteiger charge is -2.30. The van der Waals surface area contributed by atoms with Gasteiger partial charge in [-0.15, -0.1) is 11.3 Å². The van der Waals surface area contributed by atoms with Gasteiger partial charge in [0.1, 0.15) is 0 Å². The minimum absolute atomic E-state index is 0.0343. The number of nitrogens with one attached hydrogen (secondary N) is 2. The Kier molecular flexibility index (Phi) is 5.15. The second kappa shape index (κ2) is 7.49. The molecule has 5 nitrogen and oxygen atoms in total. The fourth-order valence-corrected chi connectivity index (χ4v) is 3.88. The number of carbonyl (C=O) groups excluding carboxylic acids is 2. The molecule has 24 heavy (non-hydrogen) atoms. The van der Waals surface area contributed by atoms with Crippen LogP contribution in [-0.4, -0.2) is 31.4 Å². The third-order valence-electron chi connectivity index (χ3n) is 4.17. The van der Waals surface area contributed by atoms with Crippen LogP contribution in [0.1, 0.15) is 23.4 Å². The van der Waals surface area contributed by atoms with Gasteiger partial charge in [-0.2, -0.15) is 0 Å². The lowest BCUT2D eigenvalue weighted by Crippen LogP contribution is -2.43. The molecule has 2 heterocycles. The number of amides is 2. The van der Waals surface area contributed by atoms with Crippen molar-refractivity contribution in [3.05, 3.63) is 52.2 Å². The predicted octanol–water partition coefficient (Wildman–Crippen LogP) is 2.10. The van der Waals surface area contributed by atoms with Crippen molar-refractivity contribution >= 4 is 28.8 Å². The van der Waals surface area contributed by atoms with E-state index in [0.29, 0.717) is 13.1 Å². The molecule has 0 bridgehead atoms. The van der Waals surface area contributed by atoms with Crippen LogP contribution in [0.5, 0.6) is 0 Å². The molecule has 2 N–H and O–H groups in total. The first-order chi connectivity index (χ1) is 11.7. The quantitative estimate of drug-likeness (QED) is 0.818. The maximum absolute atomic E-state index is 11.9. The standard InChI is InChI=1S/C18H21N3O2S/c1-2-19-17(22)18(23)20-12-15(16-8-5-11-24-16)21-10-9-13-6-3-4-7-14(13)21/h3-8,11,15H,2,9-10,12H2,1H3,(H,19,22)(H,20,23)/t15-/m0/s1. The van der Waals surface area contributed by atoms with E-state index < -0.39 is 11.8 Å². The number of hydrogen-bond donors (Lipinski definition) is 2. The van der Waals surface area contributed by atoms with E-state index in [9.17, 15) is 9.59 Å². The Balaban J connectivity index is 1.77. The van der Waals surface area contributed by atoms with Crippen LogP contribution in [0, 0.1) is 0 Å². The minimum Gasteiger partial charge on any atom is -0.361 e. The summed E-state index contributed by atoms with van der Waals surface area (Å²) in [6.45, 7) is 3.56. The lowest BCUT2D eigenvalue weighted by atomic mass is 10.1. The van der Waals surface area contributed by atoms with Gasteiger partial charge >= 0.3 is 11.8 Å². The summed E-state index contributed by atoms with van der Waals surface area (Å²) >= 11 is 1.67. The summed E-state index contributed by atoms with van der Waals surface area (Å²) in [7, 11) is 0. The van der Waals surface area contributed by atoms with E-state index in [2.05, 4.69) is 39.8 Å². The van der Waals surface area contributed by atoms with E-state index in [1.54, 1.807) is 18.3 Å². The monoisotopic (exact) mass is 343 g/mol. The molecule has 126 valence electrons. The molecule has 0 fully saturated rings. The van der Waals surface area contributed by atoms with Crippen LogP contribution >= 0.6 is 11.3 Å². The van der Waals surface area contributed by atoms with Crippen LogP contribution in [0.25, 0.3) is 0 Å². The van der Waals surface area contributed by atoms with Crippen molar-refractivity contribution in [3.8, 4) is 0 Å². The van der Waals surface area contributed by atoms with Crippen molar-refractivity contribution < 1.29 is 9.59 Å². The van der Waals surface area contributed by atoms with E-state index in [0.717, 1.165) is 13.0 Å². The van der Waals surface area contributed by atoms with Crippen molar-refractivity contribution in [1.82, 2.24) is 10.6 Å². The van der Waals surface area contributed by atoms with Gasteiger partial charge in [0.05, 0.1) is 6.04 Å². The van der Waals surface area contributed by atoms with Gasteiger partial charge in [-0.05, 0) is 36.4 Å². The van der Waals surface area contributed by atoms with Gasteiger partial charge in [0.2, 0.25) is 0 Å². The molecule has 0 radical (unpaired) electrons. The summed E-state index contributed by atoms with van der Waals surface area (Å²) in [6.07, 6.45) is 1.00. The van der Waals surface area contributed by atoms with Crippen LogP contribution in [0.2, 0.25) is 0 Å². The van der Waals surface area contributed by atoms with E-state index in [4.69, 9.17) is 0 Å². The van der Waals surface area contributed by atoms with Gasteiger partial charge in [0.15, 0.2) is 0 Å². The SMILES string of the molecule is CCNC(=O)C(=O)NC[C@@H](c1cccs1)N1CCc2ccccc21. The van der Waals surface area contributed by atoms with Crippen molar-refractivity contribution in [3.63, 3.8) is 0 Å². The largest absolute Gasteiger partial charge is 0.361 e. The molecule has 1 aliphatic heterocycles. The molecule has 1 aromatic carbocycles. The first-order valence-corrected chi connectivity index (χ1v) is 9.02. The number of anilines is 1. The van der Waals surface area contributed by atoms with Crippen LogP contribution in [0.3, 0.4) is 0 Å². The molecular formula is C18H21N3O2S. The van der Waals surface area contributed by atoms with Gasteiger partial charge in [-0.3, -0.25) is 9.59 Å². The number of likely N-dealkylation sites (N-methyl/N-ethyl adjacent to an activating group) is 1. The molecule has 1 aliphatic rings. The smallest absolute Gasteiger partial charge is 0.309 e. The third kappa shape index (κ3) is 3.43. The number of thiophene rings is 1. The normalized spacial score (nSPS) is 14.1. The number of benzene rings is 1. The van der Waals surface area contributed by atoms with Gasteiger partial charge in [0.25, 0.3) is 0 Å². The van der Waals surface area contributed by atoms with Crippen LogP contribution in [0.15, 0.2) is 41.8 Å². The van der Waals surface area contributed by atoms with Gasteiger partial charge in [-0.25, -0.2) is 0 Å². The van der Waals surface area contributed by atoms with Gasteiger partial charge in [0, 0.05) is 30.2 Å². The topological polar surface area (TPSA) is 61.4 Å². The molecule has 3 rings (SSSR count). The summed E-state index contributed by atoms with van der Waals surface area (Å²) in [5.41, 5.74) is 2.54. The van der Waals surface area contributed by atoms with Crippen molar-refractivity contribution in [2.24, 2.45) is 0 Å². The Labute approximate surface area is 145 Å². The molecule has 0 spiro atoms. The summed E-state index contributed by atoms with van der Waals surface area (Å²) in [5.74, 6) is -1.16. The summed E-state index contributed by atoms with van der Waals surface area (Å²) in [4.78, 5) is 27.1. The molecule has 0 unspecified atom stereocenters. The van der Waals surface area contributed by atoms with E-state index in [1.165, 1.54) is 16.1 Å². The van der Waals surface area contributed by atoms with E-state index in [-0.39, 0.29) is 6.04 Å².